The molecule has 0 radical (unpaired) electrons. The summed E-state index contributed by atoms with van der Waals surface area (Å²) >= 11 is 0. The highest BCUT2D eigenvalue weighted by Gasteiger charge is 2.30. The second-order valence-electron chi connectivity index (χ2n) is 3.81. The maximum Gasteiger partial charge on any atom is 0.416 e. The van der Waals surface area contributed by atoms with Gasteiger partial charge in [-0.15, -0.1) is 0 Å². The van der Waals surface area contributed by atoms with E-state index < -0.39 is 17.8 Å². The van der Waals surface area contributed by atoms with Gasteiger partial charge in [-0.25, -0.2) is 4.79 Å². The molecular formula is C11H10F3NO2. The van der Waals surface area contributed by atoms with Crippen molar-refractivity contribution < 1.29 is 22.7 Å². The first-order valence-electron chi connectivity index (χ1n) is 5.06. The van der Waals surface area contributed by atoms with Crippen molar-refractivity contribution in [2.24, 2.45) is 0 Å². The number of amides is 1. The van der Waals surface area contributed by atoms with Crippen LogP contribution in [0.1, 0.15) is 11.1 Å². The van der Waals surface area contributed by atoms with Gasteiger partial charge in [-0.1, -0.05) is 12.1 Å². The number of halogens is 3. The molecule has 1 heterocycles. The molecule has 1 saturated heterocycles. The predicted molar refractivity (Wildman–Crippen MR) is 53.4 cm³/mol. The molecule has 1 aliphatic rings. The van der Waals surface area contributed by atoms with Crippen molar-refractivity contribution in [3.05, 3.63) is 35.4 Å². The fourth-order valence-electron chi connectivity index (χ4n) is 1.64. The molecule has 0 aliphatic carbocycles. The van der Waals surface area contributed by atoms with Crippen LogP contribution in [0.25, 0.3) is 0 Å². The molecule has 0 aromatic heterocycles. The van der Waals surface area contributed by atoms with Crippen molar-refractivity contribution in [2.45, 2.75) is 18.7 Å². The van der Waals surface area contributed by atoms with E-state index in [1.807, 2.05) is 0 Å². The molecule has 0 saturated carbocycles. The summed E-state index contributed by atoms with van der Waals surface area (Å²) in [5, 5.41) is 2.48. The number of hydrogen-bond acceptors (Lipinski definition) is 2. The Bertz CT molecular complexity index is 414. The molecule has 1 N–H and O–H groups in total. The maximum absolute atomic E-state index is 12.3. The smallest absolute Gasteiger partial charge is 0.416 e. The molecule has 0 spiro atoms. The minimum Gasteiger partial charge on any atom is -0.444 e. The molecule has 1 unspecified atom stereocenters. The molecule has 1 aromatic rings. The molecule has 2 rings (SSSR count). The standard InChI is InChI=1S/C11H10F3NO2/c12-11(13,14)8-3-1-7(2-4-8)5-9-6-15-10(16)17-9/h1-4,9H,5-6H2,(H,15,16). The van der Waals surface area contributed by atoms with Crippen LogP contribution in [-0.2, 0) is 17.3 Å². The highest BCUT2D eigenvalue weighted by Crippen LogP contribution is 2.29. The van der Waals surface area contributed by atoms with E-state index in [9.17, 15) is 18.0 Å². The lowest BCUT2D eigenvalue weighted by atomic mass is 10.1. The number of cyclic esters (lactones) is 1. The average molecular weight is 245 g/mol. The van der Waals surface area contributed by atoms with Gasteiger partial charge in [0.05, 0.1) is 12.1 Å². The van der Waals surface area contributed by atoms with Crippen LogP contribution in [0.5, 0.6) is 0 Å². The van der Waals surface area contributed by atoms with Crippen molar-refractivity contribution >= 4 is 6.09 Å². The molecule has 17 heavy (non-hydrogen) atoms. The third kappa shape index (κ3) is 2.89. The topological polar surface area (TPSA) is 38.3 Å². The number of rotatable bonds is 2. The molecule has 1 aliphatic heterocycles. The van der Waals surface area contributed by atoms with Gasteiger partial charge in [0.25, 0.3) is 0 Å². The van der Waals surface area contributed by atoms with Gasteiger partial charge < -0.3 is 10.1 Å². The summed E-state index contributed by atoms with van der Waals surface area (Å²) in [7, 11) is 0. The Labute approximate surface area is 95.6 Å². The SMILES string of the molecule is O=C1NCC(Cc2ccc(C(F)(F)F)cc2)O1. The molecule has 1 atom stereocenters. The van der Waals surface area contributed by atoms with Gasteiger partial charge in [0.1, 0.15) is 6.10 Å². The van der Waals surface area contributed by atoms with Crippen molar-refractivity contribution in [2.75, 3.05) is 6.54 Å². The number of carbonyl (C=O) groups is 1. The number of ether oxygens (including phenoxy) is 1. The molecule has 1 amide bonds. The van der Waals surface area contributed by atoms with E-state index in [0.29, 0.717) is 18.5 Å². The van der Waals surface area contributed by atoms with Crippen molar-refractivity contribution in [1.82, 2.24) is 5.32 Å². The summed E-state index contributed by atoms with van der Waals surface area (Å²) in [6.07, 6.45) is -4.70. The zero-order valence-electron chi connectivity index (χ0n) is 8.75. The van der Waals surface area contributed by atoms with E-state index in [2.05, 4.69) is 5.32 Å². The Hall–Kier alpha value is -1.72. The van der Waals surface area contributed by atoms with Crippen LogP contribution in [0.15, 0.2) is 24.3 Å². The number of benzene rings is 1. The van der Waals surface area contributed by atoms with Gasteiger partial charge in [0.15, 0.2) is 0 Å². The largest absolute Gasteiger partial charge is 0.444 e. The van der Waals surface area contributed by atoms with Crippen molar-refractivity contribution in [3.8, 4) is 0 Å². The van der Waals surface area contributed by atoms with Crippen LogP contribution < -0.4 is 5.32 Å². The van der Waals surface area contributed by atoms with Crippen LogP contribution in [0, 0.1) is 0 Å². The Kier molecular flexibility index (Phi) is 2.95. The first-order chi connectivity index (χ1) is 7.95. The molecule has 3 nitrogen and oxygen atoms in total. The third-order valence-corrected chi connectivity index (χ3v) is 2.49. The van der Waals surface area contributed by atoms with Crippen LogP contribution in [0.2, 0.25) is 0 Å². The van der Waals surface area contributed by atoms with Gasteiger partial charge in [0.2, 0.25) is 0 Å². The molecule has 6 heteroatoms. The lowest BCUT2D eigenvalue weighted by molar-refractivity contribution is -0.137. The normalized spacial score (nSPS) is 19.9. The van der Waals surface area contributed by atoms with E-state index in [4.69, 9.17) is 4.74 Å². The van der Waals surface area contributed by atoms with E-state index in [0.717, 1.165) is 12.1 Å². The number of alkyl halides is 3. The van der Waals surface area contributed by atoms with E-state index >= 15 is 0 Å². The van der Waals surface area contributed by atoms with E-state index in [-0.39, 0.29) is 6.10 Å². The zero-order valence-corrected chi connectivity index (χ0v) is 8.75. The molecule has 0 bridgehead atoms. The van der Waals surface area contributed by atoms with Crippen LogP contribution in [-0.4, -0.2) is 18.7 Å². The fourth-order valence-corrected chi connectivity index (χ4v) is 1.64. The highest BCUT2D eigenvalue weighted by molar-refractivity contribution is 5.69. The van der Waals surface area contributed by atoms with Gasteiger partial charge in [-0.05, 0) is 17.7 Å². The quantitative estimate of drug-likeness (QED) is 0.868. The monoisotopic (exact) mass is 245 g/mol. The van der Waals surface area contributed by atoms with Crippen molar-refractivity contribution in [1.29, 1.82) is 0 Å². The Morgan fingerprint density at radius 2 is 1.94 bits per heavy atom. The average Bonchev–Trinajstić information content (AvgIpc) is 2.63. The molecule has 92 valence electrons. The summed E-state index contributed by atoms with van der Waals surface area (Å²) in [6, 6.07) is 4.85. The first kappa shape index (κ1) is 11.8. The highest BCUT2D eigenvalue weighted by atomic mass is 19.4. The maximum atomic E-state index is 12.3. The summed E-state index contributed by atoms with van der Waals surface area (Å²) in [4.78, 5) is 10.7. The molecule has 1 aromatic carbocycles. The van der Waals surface area contributed by atoms with Crippen LogP contribution in [0.4, 0.5) is 18.0 Å². The summed E-state index contributed by atoms with van der Waals surface area (Å²) in [6.45, 7) is 0.389. The van der Waals surface area contributed by atoms with Crippen LogP contribution in [0.3, 0.4) is 0 Å². The van der Waals surface area contributed by atoms with Gasteiger partial charge >= 0.3 is 12.3 Å². The molecule has 1 fully saturated rings. The van der Waals surface area contributed by atoms with Crippen LogP contribution >= 0.6 is 0 Å². The molecular weight excluding hydrogens is 235 g/mol. The number of hydrogen-bond donors (Lipinski definition) is 1. The number of alkyl carbamates (subject to hydrolysis) is 1. The third-order valence-electron chi connectivity index (χ3n) is 2.49. The van der Waals surface area contributed by atoms with Gasteiger partial charge in [-0.3, -0.25) is 0 Å². The minimum atomic E-state index is -4.32. The summed E-state index contributed by atoms with van der Waals surface area (Å²) < 4.78 is 41.8. The Balaban J connectivity index is 2.01. The minimum absolute atomic E-state index is 0.306. The second kappa shape index (κ2) is 4.27. The Morgan fingerprint density at radius 1 is 1.29 bits per heavy atom. The fraction of sp³-hybridized carbons (Fsp3) is 0.364. The lowest BCUT2D eigenvalue weighted by Gasteiger charge is -2.10. The van der Waals surface area contributed by atoms with Gasteiger partial charge in [0, 0.05) is 6.42 Å². The summed E-state index contributed by atoms with van der Waals surface area (Å²) in [5.74, 6) is 0. The lowest BCUT2D eigenvalue weighted by Crippen LogP contribution is -2.17. The van der Waals surface area contributed by atoms with Gasteiger partial charge in [-0.2, -0.15) is 13.2 Å². The van der Waals surface area contributed by atoms with E-state index in [1.165, 1.54) is 12.1 Å². The zero-order chi connectivity index (χ0) is 12.5. The second-order valence-corrected chi connectivity index (χ2v) is 3.81. The summed E-state index contributed by atoms with van der Waals surface area (Å²) in [5.41, 5.74) is 0.0299. The first-order valence-corrected chi connectivity index (χ1v) is 5.06. The number of nitrogens with one attached hydrogen (secondary N) is 1. The van der Waals surface area contributed by atoms with Crippen molar-refractivity contribution in [3.63, 3.8) is 0 Å². The Morgan fingerprint density at radius 3 is 2.41 bits per heavy atom. The number of carbonyl (C=O) groups excluding carboxylic acids is 1. The predicted octanol–water partition coefficient (Wildman–Crippen LogP) is 2.36. The van der Waals surface area contributed by atoms with E-state index in [1.54, 1.807) is 0 Å².